The molecule has 0 atom stereocenters. The average molecular weight is 378 g/mol. The monoisotopic (exact) mass is 378 g/mol. The van der Waals surface area contributed by atoms with E-state index in [9.17, 15) is 8.42 Å². The van der Waals surface area contributed by atoms with Crippen LogP contribution in [0, 0.1) is 0 Å². The van der Waals surface area contributed by atoms with Gasteiger partial charge in [0.2, 0.25) is 5.03 Å². The van der Waals surface area contributed by atoms with Crippen molar-refractivity contribution in [3.63, 3.8) is 0 Å². The van der Waals surface area contributed by atoms with Gasteiger partial charge in [-0.3, -0.25) is 0 Å². The van der Waals surface area contributed by atoms with Gasteiger partial charge in [0.05, 0.1) is 11.3 Å². The first-order chi connectivity index (χ1) is 13.0. The molecule has 6 nitrogen and oxygen atoms in total. The van der Waals surface area contributed by atoms with Crippen LogP contribution in [0.25, 0.3) is 28.0 Å². The molecule has 4 aromatic rings. The maximum absolute atomic E-state index is 12.4. The Balaban J connectivity index is 2.14. The minimum absolute atomic E-state index is 0.0778. The highest BCUT2D eigenvalue weighted by Crippen LogP contribution is 2.32. The summed E-state index contributed by atoms with van der Waals surface area (Å²) in [6.45, 7) is 2.02. The van der Waals surface area contributed by atoms with Gasteiger partial charge in [0, 0.05) is 11.8 Å². The molecule has 27 heavy (non-hydrogen) atoms. The highest BCUT2D eigenvalue weighted by atomic mass is 32.2. The van der Waals surface area contributed by atoms with Crippen molar-refractivity contribution >= 4 is 15.5 Å². The summed E-state index contributed by atoms with van der Waals surface area (Å²) < 4.78 is 26.3. The van der Waals surface area contributed by atoms with Crippen LogP contribution in [0.4, 0.5) is 0 Å². The minimum atomic E-state index is -3.58. The molecule has 0 aliphatic rings. The molecule has 136 valence electrons. The molecule has 0 saturated carbocycles. The third-order valence-electron chi connectivity index (χ3n) is 4.38. The molecule has 2 heterocycles. The highest BCUT2D eigenvalue weighted by molar-refractivity contribution is 7.90. The van der Waals surface area contributed by atoms with Crippen molar-refractivity contribution < 1.29 is 8.42 Å². The summed E-state index contributed by atoms with van der Waals surface area (Å²) in [7, 11) is -3.58. The molecule has 0 amide bonds. The second-order valence-electron chi connectivity index (χ2n) is 6.27. The Morgan fingerprint density at radius 3 is 2.04 bits per heavy atom. The van der Waals surface area contributed by atoms with Crippen molar-refractivity contribution in [2.24, 2.45) is 0 Å². The van der Waals surface area contributed by atoms with Gasteiger partial charge < -0.3 is 0 Å². The number of rotatable bonds is 4. The first-order valence-corrected chi connectivity index (χ1v) is 10.5. The summed E-state index contributed by atoms with van der Waals surface area (Å²) in [5.74, 6) is 0. The van der Waals surface area contributed by atoms with Crippen molar-refractivity contribution in [3.05, 3.63) is 66.4 Å². The number of aryl methyl sites for hydroxylation is 1. The maximum atomic E-state index is 12.4. The predicted molar refractivity (Wildman–Crippen MR) is 104 cm³/mol. The van der Waals surface area contributed by atoms with E-state index >= 15 is 0 Å². The zero-order chi connectivity index (χ0) is 19.0. The first kappa shape index (κ1) is 17.4. The Morgan fingerprint density at radius 2 is 1.48 bits per heavy atom. The number of hydrogen-bond donors (Lipinski definition) is 0. The second kappa shape index (κ2) is 6.59. The fourth-order valence-corrected chi connectivity index (χ4v) is 3.92. The molecule has 0 spiro atoms. The molecule has 0 unspecified atom stereocenters. The highest BCUT2D eigenvalue weighted by Gasteiger charge is 2.25. The number of sulfone groups is 1. The summed E-state index contributed by atoms with van der Waals surface area (Å²) in [6, 6.07) is 19.1. The molecule has 0 radical (unpaired) electrons. The number of aromatic nitrogens is 4. The SMILES string of the molecule is CCc1nn2c(-c3ccccc3)c(S(C)(=O)=O)nnc2c1-c1ccccc1. The van der Waals surface area contributed by atoms with E-state index < -0.39 is 9.84 Å². The van der Waals surface area contributed by atoms with Gasteiger partial charge in [0.25, 0.3) is 0 Å². The van der Waals surface area contributed by atoms with Gasteiger partial charge in [-0.1, -0.05) is 67.6 Å². The smallest absolute Gasteiger partial charge is 0.203 e. The van der Waals surface area contributed by atoms with Crippen molar-refractivity contribution in [1.82, 2.24) is 19.8 Å². The van der Waals surface area contributed by atoms with Gasteiger partial charge in [-0.25, -0.2) is 12.9 Å². The van der Waals surface area contributed by atoms with Gasteiger partial charge in [-0.05, 0) is 12.0 Å². The molecular weight excluding hydrogens is 360 g/mol. The van der Waals surface area contributed by atoms with Crippen LogP contribution in [0.5, 0.6) is 0 Å². The normalized spacial score (nSPS) is 11.8. The fraction of sp³-hybridized carbons (Fsp3) is 0.150. The van der Waals surface area contributed by atoms with E-state index in [0.717, 1.165) is 28.6 Å². The average Bonchev–Trinajstić information content (AvgIpc) is 3.06. The molecule has 0 aliphatic carbocycles. The maximum Gasteiger partial charge on any atom is 0.203 e. The fourth-order valence-electron chi connectivity index (χ4n) is 3.17. The van der Waals surface area contributed by atoms with E-state index in [-0.39, 0.29) is 5.03 Å². The van der Waals surface area contributed by atoms with E-state index in [4.69, 9.17) is 5.10 Å². The molecule has 2 aromatic carbocycles. The quantitative estimate of drug-likeness (QED) is 0.544. The Morgan fingerprint density at radius 1 is 0.889 bits per heavy atom. The van der Waals surface area contributed by atoms with Crippen LogP contribution in [-0.2, 0) is 16.3 Å². The van der Waals surface area contributed by atoms with Gasteiger partial charge >= 0.3 is 0 Å². The topological polar surface area (TPSA) is 77.2 Å². The number of hydrogen-bond acceptors (Lipinski definition) is 5. The van der Waals surface area contributed by atoms with E-state index in [1.807, 2.05) is 67.6 Å². The summed E-state index contributed by atoms with van der Waals surface area (Å²) in [6.07, 6.45) is 1.83. The van der Waals surface area contributed by atoms with Crippen molar-refractivity contribution in [2.75, 3.05) is 6.26 Å². The molecule has 0 aliphatic heterocycles. The van der Waals surface area contributed by atoms with Gasteiger partial charge in [0.1, 0.15) is 5.69 Å². The third-order valence-corrected chi connectivity index (χ3v) is 5.36. The van der Waals surface area contributed by atoms with E-state index in [1.165, 1.54) is 0 Å². The summed E-state index contributed by atoms with van der Waals surface area (Å²) in [5, 5.41) is 13.0. The van der Waals surface area contributed by atoms with E-state index in [2.05, 4.69) is 10.2 Å². The van der Waals surface area contributed by atoms with E-state index in [1.54, 1.807) is 4.52 Å². The van der Waals surface area contributed by atoms with Crippen LogP contribution in [0.2, 0.25) is 0 Å². The minimum Gasteiger partial charge on any atom is -0.222 e. The van der Waals surface area contributed by atoms with Crippen molar-refractivity contribution in [3.8, 4) is 22.4 Å². The second-order valence-corrected chi connectivity index (χ2v) is 8.20. The van der Waals surface area contributed by atoms with Crippen molar-refractivity contribution in [1.29, 1.82) is 0 Å². The number of nitrogens with zero attached hydrogens (tertiary/aromatic N) is 4. The molecule has 0 bridgehead atoms. The van der Waals surface area contributed by atoms with Crippen LogP contribution >= 0.6 is 0 Å². The molecule has 2 aromatic heterocycles. The molecule has 0 N–H and O–H groups in total. The Hall–Kier alpha value is -3.06. The molecular formula is C20H18N4O2S. The predicted octanol–water partition coefficient (Wildman–Crippen LogP) is 3.42. The summed E-state index contributed by atoms with van der Waals surface area (Å²) >= 11 is 0. The third kappa shape index (κ3) is 3.00. The molecule has 7 heteroatoms. The zero-order valence-electron chi connectivity index (χ0n) is 15.0. The van der Waals surface area contributed by atoms with Crippen molar-refractivity contribution in [2.45, 2.75) is 18.4 Å². The lowest BCUT2D eigenvalue weighted by molar-refractivity contribution is 0.595. The largest absolute Gasteiger partial charge is 0.222 e. The van der Waals surface area contributed by atoms with Crippen LogP contribution < -0.4 is 0 Å². The number of benzene rings is 2. The Bertz CT molecular complexity index is 1220. The van der Waals surface area contributed by atoms with E-state index in [0.29, 0.717) is 17.8 Å². The lowest BCUT2D eigenvalue weighted by Crippen LogP contribution is -2.10. The number of fused-ring (bicyclic) bond motifs is 1. The molecule has 0 fully saturated rings. The summed E-state index contributed by atoms with van der Waals surface area (Å²) in [5.41, 5.74) is 4.40. The van der Waals surface area contributed by atoms with Crippen LogP contribution in [0.3, 0.4) is 0 Å². The van der Waals surface area contributed by atoms with Crippen LogP contribution in [-0.4, -0.2) is 34.5 Å². The zero-order valence-corrected chi connectivity index (χ0v) is 15.8. The van der Waals surface area contributed by atoms with Crippen LogP contribution in [0.1, 0.15) is 12.6 Å². The van der Waals surface area contributed by atoms with Gasteiger partial charge in [0.15, 0.2) is 15.5 Å². The lowest BCUT2D eigenvalue weighted by Gasteiger charge is -2.09. The first-order valence-electron chi connectivity index (χ1n) is 8.60. The van der Waals surface area contributed by atoms with Gasteiger partial charge in [-0.15, -0.1) is 10.2 Å². The van der Waals surface area contributed by atoms with Gasteiger partial charge in [-0.2, -0.15) is 5.10 Å². The lowest BCUT2D eigenvalue weighted by atomic mass is 10.0. The van der Waals surface area contributed by atoms with Crippen LogP contribution in [0.15, 0.2) is 65.7 Å². The Kier molecular flexibility index (Phi) is 4.24. The molecule has 0 saturated heterocycles. The molecule has 4 rings (SSSR count). The standard InChI is InChI=1S/C20H18N4O2S/c1-3-16-17(14-10-6-4-7-11-14)19-21-22-20(27(2,25)26)18(24(19)23-16)15-12-8-5-9-13-15/h4-13H,3H2,1-2H3. The summed E-state index contributed by atoms with van der Waals surface area (Å²) in [4.78, 5) is 0. The Labute approximate surface area is 157 Å².